The number of benzene rings is 1. The van der Waals surface area contributed by atoms with E-state index in [9.17, 15) is 19.3 Å². The van der Waals surface area contributed by atoms with Gasteiger partial charge >= 0.3 is 0 Å². The maximum Gasteiger partial charge on any atom is 0.295 e. The van der Waals surface area contributed by atoms with Gasteiger partial charge in [-0.2, -0.15) is 0 Å². The number of nitrogens with zero attached hydrogens (tertiary/aromatic N) is 1. The maximum atomic E-state index is 13.6. The topological polar surface area (TPSA) is 84.3 Å². The number of anilines is 1. The predicted octanol–water partition coefficient (Wildman–Crippen LogP) is 1.81. The van der Waals surface area contributed by atoms with E-state index in [1.807, 2.05) is 0 Å². The first-order valence-electron chi connectivity index (χ1n) is 6.07. The highest BCUT2D eigenvalue weighted by molar-refractivity contribution is 5.96. The molecule has 1 atom stereocenters. The molecule has 1 aromatic rings. The predicted molar refractivity (Wildman–Crippen MR) is 67.3 cm³/mol. The molecule has 7 heteroatoms. The van der Waals surface area contributed by atoms with Gasteiger partial charge in [0.1, 0.15) is 0 Å². The number of hydrogen-bond donors (Lipinski definition) is 2. The zero-order chi connectivity index (χ0) is 13.8. The van der Waals surface area contributed by atoms with Crippen molar-refractivity contribution in [2.75, 3.05) is 11.9 Å². The van der Waals surface area contributed by atoms with Crippen molar-refractivity contribution >= 4 is 17.3 Å². The molecule has 6 nitrogen and oxygen atoms in total. The van der Waals surface area contributed by atoms with Gasteiger partial charge in [-0.15, -0.1) is 0 Å². The Bertz CT molecular complexity index is 501. The van der Waals surface area contributed by atoms with Gasteiger partial charge in [-0.1, -0.05) is 12.5 Å². The molecule has 1 unspecified atom stereocenters. The molecule has 1 aliphatic heterocycles. The Balaban J connectivity index is 2.18. The number of nitro groups is 1. The monoisotopic (exact) mass is 267 g/mol. The third-order valence-corrected chi connectivity index (χ3v) is 3.06. The molecule has 0 aromatic heterocycles. The SMILES string of the molecule is O=C(Nc1c(F)cccc1[N+](=O)[O-])C1CCCCN1. The average molecular weight is 267 g/mol. The van der Waals surface area contributed by atoms with Crippen LogP contribution in [0.4, 0.5) is 15.8 Å². The zero-order valence-electron chi connectivity index (χ0n) is 10.2. The van der Waals surface area contributed by atoms with Crippen LogP contribution in [0.3, 0.4) is 0 Å². The molecule has 0 bridgehead atoms. The summed E-state index contributed by atoms with van der Waals surface area (Å²) in [6, 6.07) is 3.05. The summed E-state index contributed by atoms with van der Waals surface area (Å²) in [4.78, 5) is 22.0. The first kappa shape index (κ1) is 13.4. The van der Waals surface area contributed by atoms with Crippen molar-refractivity contribution in [1.82, 2.24) is 5.32 Å². The van der Waals surface area contributed by atoms with E-state index in [1.54, 1.807) is 0 Å². The fraction of sp³-hybridized carbons (Fsp3) is 0.417. The molecule has 1 heterocycles. The lowest BCUT2D eigenvalue weighted by Crippen LogP contribution is -2.43. The summed E-state index contributed by atoms with van der Waals surface area (Å²) in [6.45, 7) is 0.720. The Morgan fingerprint density at radius 3 is 2.89 bits per heavy atom. The minimum absolute atomic E-state index is 0.370. The van der Waals surface area contributed by atoms with Crippen LogP contribution < -0.4 is 10.6 Å². The van der Waals surface area contributed by atoms with E-state index >= 15 is 0 Å². The van der Waals surface area contributed by atoms with E-state index in [4.69, 9.17) is 0 Å². The standard InChI is InChI=1S/C12H14FN3O3/c13-8-4-3-6-10(16(18)19)11(8)15-12(17)9-5-1-2-7-14-9/h3-4,6,9,14H,1-2,5,7H2,(H,15,17). The molecule has 19 heavy (non-hydrogen) atoms. The smallest absolute Gasteiger partial charge is 0.295 e. The lowest BCUT2D eigenvalue weighted by molar-refractivity contribution is -0.384. The van der Waals surface area contributed by atoms with E-state index in [0.717, 1.165) is 31.5 Å². The first-order valence-corrected chi connectivity index (χ1v) is 6.07. The van der Waals surface area contributed by atoms with Crippen LogP contribution in [-0.4, -0.2) is 23.4 Å². The fourth-order valence-electron chi connectivity index (χ4n) is 2.07. The lowest BCUT2D eigenvalue weighted by Gasteiger charge is -2.22. The van der Waals surface area contributed by atoms with Crippen LogP contribution in [0.15, 0.2) is 18.2 Å². The normalized spacial score (nSPS) is 18.9. The van der Waals surface area contributed by atoms with E-state index in [1.165, 1.54) is 6.07 Å². The molecule has 0 radical (unpaired) electrons. The van der Waals surface area contributed by atoms with Crippen molar-refractivity contribution in [2.45, 2.75) is 25.3 Å². The van der Waals surface area contributed by atoms with Gasteiger partial charge in [0.15, 0.2) is 11.5 Å². The van der Waals surface area contributed by atoms with Gasteiger partial charge in [-0.05, 0) is 25.5 Å². The number of amides is 1. The van der Waals surface area contributed by atoms with Crippen molar-refractivity contribution < 1.29 is 14.1 Å². The van der Waals surface area contributed by atoms with Crippen molar-refractivity contribution in [1.29, 1.82) is 0 Å². The van der Waals surface area contributed by atoms with Gasteiger partial charge in [0.2, 0.25) is 5.91 Å². The van der Waals surface area contributed by atoms with Crippen molar-refractivity contribution in [3.63, 3.8) is 0 Å². The maximum absolute atomic E-state index is 13.6. The molecule has 0 spiro atoms. The highest BCUT2D eigenvalue weighted by atomic mass is 19.1. The second kappa shape index (κ2) is 5.75. The molecule has 1 aromatic carbocycles. The number of hydrogen-bond acceptors (Lipinski definition) is 4. The molecule has 0 saturated carbocycles. The summed E-state index contributed by atoms with van der Waals surface area (Å²) in [6.07, 6.45) is 2.54. The molecule has 1 saturated heterocycles. The fourth-order valence-corrected chi connectivity index (χ4v) is 2.07. The van der Waals surface area contributed by atoms with Crippen LogP contribution in [0.5, 0.6) is 0 Å². The van der Waals surface area contributed by atoms with Crippen LogP contribution in [0.25, 0.3) is 0 Å². The van der Waals surface area contributed by atoms with Crippen LogP contribution >= 0.6 is 0 Å². The van der Waals surface area contributed by atoms with Gasteiger partial charge in [-0.25, -0.2) is 4.39 Å². The summed E-state index contributed by atoms with van der Waals surface area (Å²) in [5.74, 6) is -1.24. The Kier molecular flexibility index (Phi) is 4.06. The number of nitro benzene ring substituents is 1. The summed E-state index contributed by atoms with van der Waals surface area (Å²) in [5.41, 5.74) is -0.811. The minimum Gasteiger partial charge on any atom is -0.317 e. The highest BCUT2D eigenvalue weighted by Crippen LogP contribution is 2.27. The molecule has 0 aliphatic carbocycles. The average Bonchev–Trinajstić information content (AvgIpc) is 2.41. The van der Waals surface area contributed by atoms with Crippen LogP contribution in [-0.2, 0) is 4.79 Å². The second-order valence-corrected chi connectivity index (χ2v) is 4.38. The Labute approximate surface area is 109 Å². The van der Waals surface area contributed by atoms with Gasteiger partial charge < -0.3 is 10.6 Å². The molecule has 1 aliphatic rings. The first-order chi connectivity index (χ1) is 9.09. The van der Waals surface area contributed by atoms with Crippen LogP contribution in [0.1, 0.15) is 19.3 Å². The number of nitrogens with one attached hydrogen (secondary N) is 2. The number of carbonyl (C=O) groups excluding carboxylic acids is 1. The lowest BCUT2D eigenvalue weighted by atomic mass is 10.0. The molecule has 2 N–H and O–H groups in total. The van der Waals surface area contributed by atoms with E-state index in [2.05, 4.69) is 10.6 Å². The van der Waals surface area contributed by atoms with Crippen LogP contribution in [0.2, 0.25) is 0 Å². The van der Waals surface area contributed by atoms with Crippen molar-refractivity contribution in [2.24, 2.45) is 0 Å². The number of para-hydroxylation sites is 1. The summed E-state index contributed by atoms with van der Waals surface area (Å²) in [7, 11) is 0. The van der Waals surface area contributed by atoms with Crippen molar-refractivity contribution in [3.05, 3.63) is 34.1 Å². The molecular formula is C12H14FN3O3. The largest absolute Gasteiger partial charge is 0.317 e. The molecular weight excluding hydrogens is 253 g/mol. The number of halogens is 1. The Morgan fingerprint density at radius 1 is 1.47 bits per heavy atom. The molecule has 2 rings (SSSR count). The molecule has 1 fully saturated rings. The number of rotatable bonds is 3. The third kappa shape index (κ3) is 3.05. The van der Waals surface area contributed by atoms with Gasteiger partial charge in [0, 0.05) is 6.07 Å². The van der Waals surface area contributed by atoms with Gasteiger partial charge in [0.25, 0.3) is 5.69 Å². The van der Waals surface area contributed by atoms with Crippen molar-refractivity contribution in [3.8, 4) is 0 Å². The molecule has 102 valence electrons. The minimum atomic E-state index is -0.807. The molecule has 1 amide bonds. The summed E-state index contributed by atoms with van der Waals surface area (Å²) < 4.78 is 13.6. The van der Waals surface area contributed by atoms with E-state index in [0.29, 0.717) is 6.42 Å². The Hall–Kier alpha value is -2.02. The number of carbonyl (C=O) groups is 1. The van der Waals surface area contributed by atoms with Gasteiger partial charge in [-0.3, -0.25) is 14.9 Å². The van der Waals surface area contributed by atoms with E-state index in [-0.39, 0.29) is 5.69 Å². The Morgan fingerprint density at radius 2 is 2.26 bits per heavy atom. The van der Waals surface area contributed by atoms with E-state index < -0.39 is 28.4 Å². The quantitative estimate of drug-likeness (QED) is 0.646. The third-order valence-electron chi connectivity index (χ3n) is 3.06. The highest BCUT2D eigenvalue weighted by Gasteiger charge is 2.25. The van der Waals surface area contributed by atoms with Crippen LogP contribution in [0, 0.1) is 15.9 Å². The van der Waals surface area contributed by atoms with Gasteiger partial charge in [0.05, 0.1) is 11.0 Å². The number of piperidine rings is 1. The second-order valence-electron chi connectivity index (χ2n) is 4.38. The summed E-state index contributed by atoms with van der Waals surface area (Å²) >= 11 is 0. The zero-order valence-corrected chi connectivity index (χ0v) is 10.2. The summed E-state index contributed by atoms with van der Waals surface area (Å²) in [5, 5.41) is 16.1.